The first kappa shape index (κ1) is 22.9. The van der Waals surface area contributed by atoms with Gasteiger partial charge in [0.2, 0.25) is 0 Å². The number of anilines is 1. The van der Waals surface area contributed by atoms with Crippen LogP contribution in [0.3, 0.4) is 0 Å². The number of aromatic nitrogens is 3. The molecule has 3 heterocycles. The topological polar surface area (TPSA) is 89.3 Å². The lowest BCUT2D eigenvalue weighted by molar-refractivity contribution is -0.142. The van der Waals surface area contributed by atoms with Gasteiger partial charge in [-0.05, 0) is 61.6 Å². The van der Waals surface area contributed by atoms with Gasteiger partial charge in [-0.1, -0.05) is 30.3 Å². The molecule has 1 unspecified atom stereocenters. The number of aliphatic carboxylic acids is 1. The largest absolute Gasteiger partial charge is 0.493 e. The maximum Gasteiger partial charge on any atom is 0.308 e. The van der Waals surface area contributed by atoms with E-state index in [-0.39, 0.29) is 0 Å². The minimum atomic E-state index is -0.795. The highest BCUT2D eigenvalue weighted by molar-refractivity contribution is 5.80. The molecule has 0 fully saturated rings. The molecule has 0 bridgehead atoms. The van der Waals surface area contributed by atoms with Crippen LogP contribution in [0.15, 0.2) is 66.9 Å². The van der Waals surface area contributed by atoms with E-state index in [1.165, 1.54) is 0 Å². The Balaban J connectivity index is 1.19. The zero-order chi connectivity index (χ0) is 24.0. The third-order valence-electron chi connectivity index (χ3n) is 6.54. The second-order valence-corrected chi connectivity index (χ2v) is 9.03. The fourth-order valence-corrected chi connectivity index (χ4v) is 4.58. The summed E-state index contributed by atoms with van der Waals surface area (Å²) in [4.78, 5) is 16.7. The highest BCUT2D eigenvalue weighted by atomic mass is 16.5. The van der Waals surface area contributed by atoms with Gasteiger partial charge in [-0.15, -0.1) is 0 Å². The third kappa shape index (κ3) is 5.62. The van der Waals surface area contributed by atoms with Crippen molar-refractivity contribution in [2.45, 2.75) is 38.6 Å². The van der Waals surface area contributed by atoms with Crippen LogP contribution in [-0.2, 0) is 30.6 Å². The number of nitrogens with zero attached hydrogens (tertiary/aromatic N) is 3. The predicted molar refractivity (Wildman–Crippen MR) is 136 cm³/mol. The van der Waals surface area contributed by atoms with Crippen LogP contribution in [0.1, 0.15) is 29.8 Å². The number of hydrogen-bond donors (Lipinski definition) is 2. The standard InChI is InChI=1S/C28H30N4O3/c33-28(34)21(9-8-20-5-2-1-3-6-20)19-32-27-13-11-24(17-22(27)18-30-32)35-16-14-23-10-12-25-26(31-23)7-4-15-29-25/h1-3,5-6,10-13,17-18,21,29H,4,7-9,14-16,19H2,(H,33,34). The van der Waals surface area contributed by atoms with E-state index in [9.17, 15) is 9.90 Å². The lowest BCUT2D eigenvalue weighted by atomic mass is 9.99. The highest BCUT2D eigenvalue weighted by Gasteiger charge is 2.20. The van der Waals surface area contributed by atoms with E-state index in [4.69, 9.17) is 9.72 Å². The molecular formula is C28H30N4O3. The van der Waals surface area contributed by atoms with Crippen molar-refractivity contribution in [3.8, 4) is 5.75 Å². The minimum Gasteiger partial charge on any atom is -0.493 e. The molecule has 2 aromatic carbocycles. The van der Waals surface area contributed by atoms with E-state index in [0.717, 1.165) is 71.5 Å². The van der Waals surface area contributed by atoms with E-state index in [0.29, 0.717) is 19.6 Å². The summed E-state index contributed by atoms with van der Waals surface area (Å²) < 4.78 is 7.78. The molecule has 180 valence electrons. The van der Waals surface area contributed by atoms with Crippen LogP contribution < -0.4 is 10.1 Å². The van der Waals surface area contributed by atoms with Crippen LogP contribution in [0.25, 0.3) is 10.9 Å². The maximum atomic E-state index is 11.9. The average molecular weight is 471 g/mol. The highest BCUT2D eigenvalue weighted by Crippen LogP contribution is 2.24. The van der Waals surface area contributed by atoms with Gasteiger partial charge < -0.3 is 15.2 Å². The van der Waals surface area contributed by atoms with Crippen LogP contribution >= 0.6 is 0 Å². The summed E-state index contributed by atoms with van der Waals surface area (Å²) >= 11 is 0. The number of pyridine rings is 1. The molecule has 0 radical (unpaired) electrons. The van der Waals surface area contributed by atoms with Gasteiger partial charge in [0.25, 0.3) is 0 Å². The van der Waals surface area contributed by atoms with Crippen molar-refractivity contribution >= 4 is 22.6 Å². The van der Waals surface area contributed by atoms with Gasteiger partial charge in [-0.25, -0.2) is 0 Å². The zero-order valence-electron chi connectivity index (χ0n) is 19.7. The van der Waals surface area contributed by atoms with E-state index in [2.05, 4.69) is 22.5 Å². The number of benzene rings is 2. The SMILES string of the molecule is O=C(O)C(CCc1ccccc1)Cn1ncc2cc(OCCc3ccc4c(n3)CCCN4)ccc21. The fourth-order valence-electron chi connectivity index (χ4n) is 4.58. The van der Waals surface area contributed by atoms with Crippen LogP contribution in [0.5, 0.6) is 5.75 Å². The molecule has 1 aliphatic rings. The van der Waals surface area contributed by atoms with Gasteiger partial charge in [0.15, 0.2) is 0 Å². The van der Waals surface area contributed by atoms with E-state index < -0.39 is 11.9 Å². The summed E-state index contributed by atoms with van der Waals surface area (Å²) in [5.41, 5.74) is 5.39. The molecule has 0 saturated carbocycles. The van der Waals surface area contributed by atoms with Gasteiger partial charge >= 0.3 is 5.97 Å². The Morgan fingerprint density at radius 3 is 2.86 bits per heavy atom. The van der Waals surface area contributed by atoms with Crippen molar-refractivity contribution in [3.63, 3.8) is 0 Å². The number of ether oxygens (including phenoxy) is 1. The number of nitrogens with one attached hydrogen (secondary N) is 1. The van der Waals surface area contributed by atoms with Crippen LogP contribution in [-0.4, -0.2) is 39.0 Å². The molecule has 0 saturated heterocycles. The quantitative estimate of drug-likeness (QED) is 0.348. The van der Waals surface area contributed by atoms with Crippen molar-refractivity contribution in [3.05, 3.63) is 83.8 Å². The minimum absolute atomic E-state index is 0.338. The van der Waals surface area contributed by atoms with Gasteiger partial charge in [-0.2, -0.15) is 5.10 Å². The van der Waals surface area contributed by atoms with Gasteiger partial charge in [0.05, 0.1) is 42.2 Å². The van der Waals surface area contributed by atoms with Crippen LogP contribution in [0.4, 0.5) is 5.69 Å². The van der Waals surface area contributed by atoms with E-state index >= 15 is 0 Å². The monoisotopic (exact) mass is 470 g/mol. The van der Waals surface area contributed by atoms with Crippen LogP contribution in [0, 0.1) is 5.92 Å². The molecule has 5 rings (SSSR count). The molecule has 1 aliphatic heterocycles. The summed E-state index contributed by atoms with van der Waals surface area (Å²) in [6.07, 6.45) is 5.95. The normalized spacial score (nSPS) is 13.7. The van der Waals surface area contributed by atoms with Gasteiger partial charge in [0.1, 0.15) is 5.75 Å². The number of carboxylic acid groups (broad SMARTS) is 1. The van der Waals surface area contributed by atoms with Gasteiger partial charge in [-0.3, -0.25) is 14.5 Å². The Kier molecular flexibility index (Phi) is 6.93. The summed E-state index contributed by atoms with van der Waals surface area (Å²) in [6.45, 7) is 1.89. The third-order valence-corrected chi connectivity index (χ3v) is 6.54. The number of carboxylic acids is 1. The predicted octanol–water partition coefficient (Wildman–Crippen LogP) is 4.74. The smallest absolute Gasteiger partial charge is 0.308 e. The number of rotatable bonds is 10. The number of hydrogen-bond acceptors (Lipinski definition) is 5. The van der Waals surface area contributed by atoms with Crippen LogP contribution in [0.2, 0.25) is 0 Å². The number of fused-ring (bicyclic) bond motifs is 2. The Hall–Kier alpha value is -3.87. The lowest BCUT2D eigenvalue weighted by Crippen LogP contribution is -2.21. The number of carbonyl (C=O) groups is 1. The first-order valence-corrected chi connectivity index (χ1v) is 12.2. The second-order valence-electron chi connectivity index (χ2n) is 9.03. The van der Waals surface area contributed by atoms with Gasteiger partial charge in [0, 0.05) is 24.0 Å². The zero-order valence-corrected chi connectivity index (χ0v) is 19.7. The molecule has 4 aromatic rings. The first-order valence-electron chi connectivity index (χ1n) is 12.2. The van der Waals surface area contributed by atoms with E-state index in [1.807, 2.05) is 48.5 Å². The molecule has 35 heavy (non-hydrogen) atoms. The van der Waals surface area contributed by atoms with Crippen molar-refractivity contribution in [1.29, 1.82) is 0 Å². The first-order chi connectivity index (χ1) is 17.2. The summed E-state index contributed by atoms with van der Waals surface area (Å²) in [5.74, 6) is -0.528. The molecule has 0 amide bonds. The summed E-state index contributed by atoms with van der Waals surface area (Å²) in [5, 5.41) is 18.5. The van der Waals surface area contributed by atoms with Crippen molar-refractivity contribution in [2.75, 3.05) is 18.5 Å². The molecule has 0 aliphatic carbocycles. The maximum absolute atomic E-state index is 11.9. The summed E-state index contributed by atoms with van der Waals surface area (Å²) in [7, 11) is 0. The lowest BCUT2D eigenvalue weighted by Gasteiger charge is -2.17. The molecule has 7 heteroatoms. The molecule has 0 spiro atoms. The molecule has 7 nitrogen and oxygen atoms in total. The number of aryl methyl sites for hydroxylation is 2. The molecule has 2 aromatic heterocycles. The van der Waals surface area contributed by atoms with E-state index in [1.54, 1.807) is 10.9 Å². The molecule has 1 atom stereocenters. The fraction of sp³-hybridized carbons (Fsp3) is 0.321. The Bertz CT molecular complexity index is 1300. The van der Waals surface area contributed by atoms with Crippen molar-refractivity contribution < 1.29 is 14.6 Å². The molecule has 2 N–H and O–H groups in total. The molecular weight excluding hydrogens is 440 g/mol. The Labute approximate surface area is 204 Å². The summed E-state index contributed by atoms with van der Waals surface area (Å²) in [6, 6.07) is 20.0. The van der Waals surface area contributed by atoms with Crippen molar-refractivity contribution in [1.82, 2.24) is 14.8 Å². The second kappa shape index (κ2) is 10.6. The average Bonchev–Trinajstić information content (AvgIpc) is 3.29. The Morgan fingerprint density at radius 1 is 1.11 bits per heavy atom. The Morgan fingerprint density at radius 2 is 2.00 bits per heavy atom. The van der Waals surface area contributed by atoms with Crippen molar-refractivity contribution in [2.24, 2.45) is 5.92 Å².